The topological polar surface area (TPSA) is 55.8 Å². The Kier molecular flexibility index (Phi) is 4.26. The van der Waals surface area contributed by atoms with Gasteiger partial charge < -0.3 is 14.4 Å². The molecule has 3 rings (SSSR count). The van der Waals surface area contributed by atoms with Gasteiger partial charge in [0, 0.05) is 6.54 Å². The van der Waals surface area contributed by atoms with Gasteiger partial charge in [0.2, 0.25) is 5.91 Å². The van der Waals surface area contributed by atoms with E-state index in [9.17, 15) is 9.59 Å². The van der Waals surface area contributed by atoms with Gasteiger partial charge in [0.1, 0.15) is 11.5 Å². The van der Waals surface area contributed by atoms with Crippen LogP contribution in [-0.2, 0) is 19.1 Å². The lowest BCUT2D eigenvalue weighted by Gasteiger charge is -2.22. The molecule has 0 aromatic heterocycles. The fraction of sp³-hybridized carbons (Fsp3) is 0.765. The Morgan fingerprint density at radius 3 is 2.91 bits per heavy atom. The molecule has 5 heteroatoms. The summed E-state index contributed by atoms with van der Waals surface area (Å²) >= 11 is 0. The second kappa shape index (κ2) is 6.03. The summed E-state index contributed by atoms with van der Waals surface area (Å²) in [4.78, 5) is 27.0. The minimum atomic E-state index is -0.593. The van der Waals surface area contributed by atoms with E-state index < -0.39 is 17.4 Å². The van der Waals surface area contributed by atoms with Crippen molar-refractivity contribution in [3.05, 3.63) is 12.2 Å². The monoisotopic (exact) mass is 307 g/mol. The van der Waals surface area contributed by atoms with Crippen LogP contribution in [-0.4, -0.2) is 48.2 Å². The van der Waals surface area contributed by atoms with E-state index in [2.05, 4.69) is 13.8 Å². The maximum atomic E-state index is 12.7. The summed E-state index contributed by atoms with van der Waals surface area (Å²) in [5.41, 5.74) is -0.593. The molecule has 2 fully saturated rings. The quantitative estimate of drug-likeness (QED) is 0.409. The molecule has 122 valence electrons. The summed E-state index contributed by atoms with van der Waals surface area (Å²) in [7, 11) is 0. The van der Waals surface area contributed by atoms with Gasteiger partial charge in [0.05, 0.1) is 25.2 Å². The van der Waals surface area contributed by atoms with Gasteiger partial charge in [-0.15, -0.1) is 0 Å². The number of rotatable bonds is 7. The van der Waals surface area contributed by atoms with Crippen LogP contribution >= 0.6 is 0 Å². The molecule has 0 aromatic rings. The lowest BCUT2D eigenvalue weighted by Crippen LogP contribution is -2.40. The summed E-state index contributed by atoms with van der Waals surface area (Å²) < 4.78 is 11.4. The highest BCUT2D eigenvalue weighted by molar-refractivity contribution is 5.91. The van der Waals surface area contributed by atoms with E-state index in [4.69, 9.17) is 9.47 Å². The second-order valence-corrected chi connectivity index (χ2v) is 6.53. The third kappa shape index (κ3) is 2.35. The number of hydrogen-bond acceptors (Lipinski definition) is 4. The van der Waals surface area contributed by atoms with Crippen molar-refractivity contribution in [3.8, 4) is 0 Å². The number of likely N-dealkylation sites (tertiary alicyclic amines) is 1. The molecule has 0 saturated carbocycles. The highest BCUT2D eigenvalue weighted by Crippen LogP contribution is 2.52. The molecule has 3 heterocycles. The standard InChI is InChI=1S/C17H25NO4/c1-3-5-9-18-11-17-8-7-12(22-17)13(14(17)15(18)19)16(20)21-10-6-4-2/h7-8,12-14H,3-6,9-11H2,1-2H3/t12-,13+,14-,17+/m0/s1. The summed E-state index contributed by atoms with van der Waals surface area (Å²) in [6.07, 6.45) is 7.48. The molecule has 2 saturated heterocycles. The van der Waals surface area contributed by atoms with Crippen LogP contribution in [0.3, 0.4) is 0 Å². The third-order valence-corrected chi connectivity index (χ3v) is 4.97. The summed E-state index contributed by atoms with van der Waals surface area (Å²) in [6.45, 7) is 5.90. The predicted octanol–water partition coefficient (Wildman–Crippen LogP) is 1.91. The van der Waals surface area contributed by atoms with Gasteiger partial charge in [-0.1, -0.05) is 38.8 Å². The van der Waals surface area contributed by atoms with Crippen LogP contribution in [0, 0.1) is 11.8 Å². The van der Waals surface area contributed by atoms with Gasteiger partial charge in [0.15, 0.2) is 0 Å². The van der Waals surface area contributed by atoms with Crippen LogP contribution in [0.5, 0.6) is 0 Å². The average molecular weight is 307 g/mol. The maximum Gasteiger partial charge on any atom is 0.312 e. The molecule has 1 amide bonds. The van der Waals surface area contributed by atoms with Crippen LogP contribution in [0.4, 0.5) is 0 Å². The fourth-order valence-corrected chi connectivity index (χ4v) is 3.80. The van der Waals surface area contributed by atoms with Crippen molar-refractivity contribution in [1.82, 2.24) is 4.90 Å². The lowest BCUT2D eigenvalue weighted by molar-refractivity contribution is -0.153. The highest BCUT2D eigenvalue weighted by atomic mass is 16.6. The number of nitrogens with zero attached hydrogens (tertiary/aromatic N) is 1. The van der Waals surface area contributed by atoms with Crippen LogP contribution in [0.15, 0.2) is 12.2 Å². The zero-order valence-corrected chi connectivity index (χ0v) is 13.4. The van der Waals surface area contributed by atoms with E-state index in [-0.39, 0.29) is 18.0 Å². The smallest absolute Gasteiger partial charge is 0.312 e. The Hall–Kier alpha value is -1.36. The van der Waals surface area contributed by atoms with Gasteiger partial charge in [0.25, 0.3) is 0 Å². The molecular formula is C17H25NO4. The van der Waals surface area contributed by atoms with Crippen molar-refractivity contribution in [2.24, 2.45) is 11.8 Å². The Morgan fingerprint density at radius 2 is 2.18 bits per heavy atom. The molecule has 3 aliphatic heterocycles. The molecule has 0 radical (unpaired) electrons. The molecule has 4 atom stereocenters. The van der Waals surface area contributed by atoms with Crippen molar-refractivity contribution in [2.75, 3.05) is 19.7 Å². The maximum absolute atomic E-state index is 12.7. The van der Waals surface area contributed by atoms with Crippen molar-refractivity contribution in [2.45, 2.75) is 51.2 Å². The van der Waals surface area contributed by atoms with Crippen LogP contribution in [0.2, 0.25) is 0 Å². The Labute approximate surface area is 131 Å². The van der Waals surface area contributed by atoms with Gasteiger partial charge >= 0.3 is 5.97 Å². The zero-order chi connectivity index (χ0) is 15.7. The number of fused-ring (bicyclic) bond motifs is 1. The van der Waals surface area contributed by atoms with E-state index in [1.54, 1.807) is 0 Å². The number of esters is 1. The van der Waals surface area contributed by atoms with E-state index in [1.165, 1.54) is 0 Å². The first-order valence-corrected chi connectivity index (χ1v) is 8.45. The Balaban J connectivity index is 1.73. The van der Waals surface area contributed by atoms with Crippen LogP contribution in [0.25, 0.3) is 0 Å². The minimum absolute atomic E-state index is 0.0535. The van der Waals surface area contributed by atoms with Crippen molar-refractivity contribution < 1.29 is 19.1 Å². The first kappa shape index (κ1) is 15.5. The minimum Gasteiger partial charge on any atom is -0.465 e. The molecule has 2 bridgehead atoms. The SMILES string of the molecule is CCCCOC(=O)[C@@H]1[C@@H]2C=C[C@]3(CN(CCCC)C(=O)[C@H]13)O2. The van der Waals surface area contributed by atoms with Crippen LogP contribution < -0.4 is 0 Å². The number of carbonyl (C=O) groups excluding carboxylic acids is 2. The molecule has 1 spiro atoms. The zero-order valence-electron chi connectivity index (χ0n) is 13.4. The van der Waals surface area contributed by atoms with Gasteiger partial charge in [-0.2, -0.15) is 0 Å². The first-order chi connectivity index (χ1) is 10.6. The third-order valence-electron chi connectivity index (χ3n) is 4.97. The molecular weight excluding hydrogens is 282 g/mol. The van der Waals surface area contributed by atoms with Crippen molar-refractivity contribution in [1.29, 1.82) is 0 Å². The normalized spacial score (nSPS) is 35.3. The van der Waals surface area contributed by atoms with E-state index in [1.807, 2.05) is 17.1 Å². The van der Waals surface area contributed by atoms with Gasteiger partial charge in [-0.05, 0) is 12.8 Å². The van der Waals surface area contributed by atoms with E-state index in [0.717, 1.165) is 32.2 Å². The number of ether oxygens (including phenoxy) is 2. The van der Waals surface area contributed by atoms with Gasteiger partial charge in [-0.25, -0.2) is 0 Å². The van der Waals surface area contributed by atoms with E-state index >= 15 is 0 Å². The highest BCUT2D eigenvalue weighted by Gasteiger charge is 2.67. The molecule has 3 aliphatic rings. The molecule has 0 unspecified atom stereocenters. The molecule has 0 N–H and O–H groups in total. The first-order valence-electron chi connectivity index (χ1n) is 8.45. The summed E-state index contributed by atoms with van der Waals surface area (Å²) in [6, 6.07) is 0. The molecule has 0 aliphatic carbocycles. The van der Waals surface area contributed by atoms with E-state index in [0.29, 0.717) is 13.2 Å². The second-order valence-electron chi connectivity index (χ2n) is 6.53. The average Bonchev–Trinajstić information content (AvgIpc) is 3.14. The summed E-state index contributed by atoms with van der Waals surface area (Å²) in [5, 5.41) is 0. The Morgan fingerprint density at radius 1 is 1.41 bits per heavy atom. The number of carbonyl (C=O) groups is 2. The summed E-state index contributed by atoms with van der Waals surface area (Å²) in [5.74, 6) is -1.09. The lowest BCUT2D eigenvalue weighted by atomic mass is 9.77. The number of amides is 1. The molecule has 5 nitrogen and oxygen atoms in total. The van der Waals surface area contributed by atoms with Crippen LogP contribution in [0.1, 0.15) is 39.5 Å². The number of unbranched alkanes of at least 4 members (excludes halogenated alkanes) is 2. The van der Waals surface area contributed by atoms with Crippen molar-refractivity contribution >= 4 is 11.9 Å². The Bertz CT molecular complexity index is 489. The fourth-order valence-electron chi connectivity index (χ4n) is 3.80. The van der Waals surface area contributed by atoms with Gasteiger partial charge in [-0.3, -0.25) is 9.59 Å². The predicted molar refractivity (Wildman–Crippen MR) is 81.1 cm³/mol. The molecule has 22 heavy (non-hydrogen) atoms. The van der Waals surface area contributed by atoms with Crippen molar-refractivity contribution in [3.63, 3.8) is 0 Å². The molecule has 0 aromatic carbocycles. The largest absolute Gasteiger partial charge is 0.465 e. The number of hydrogen-bond donors (Lipinski definition) is 0.